The summed E-state index contributed by atoms with van der Waals surface area (Å²) in [4.78, 5) is 14.9. The molecule has 1 heterocycles. The summed E-state index contributed by atoms with van der Waals surface area (Å²) in [6, 6.07) is 4.02. The molecule has 0 saturated heterocycles. The van der Waals surface area contributed by atoms with Crippen LogP contribution < -0.4 is 5.73 Å². The van der Waals surface area contributed by atoms with Gasteiger partial charge < -0.3 is 15.1 Å². The molecule has 0 aliphatic heterocycles. The number of furan rings is 1. The van der Waals surface area contributed by atoms with Gasteiger partial charge in [0.05, 0.1) is 23.2 Å². The average Bonchev–Trinajstić information content (AvgIpc) is 3.11. The largest absolute Gasteiger partial charge is 0.467 e. The summed E-state index contributed by atoms with van der Waals surface area (Å²) < 4.78 is 5.34. The van der Waals surface area contributed by atoms with E-state index in [2.05, 4.69) is 0 Å². The molecule has 1 aliphatic carbocycles. The highest BCUT2D eigenvalue weighted by molar-refractivity contribution is 7.80. The summed E-state index contributed by atoms with van der Waals surface area (Å²) in [6.07, 6.45) is 4.33. The van der Waals surface area contributed by atoms with E-state index in [1.54, 1.807) is 6.26 Å². The summed E-state index contributed by atoms with van der Waals surface area (Å²) in [5.74, 6) is 0.808. The zero-order valence-electron chi connectivity index (χ0n) is 11.4. The minimum absolute atomic E-state index is 0.0152. The van der Waals surface area contributed by atoms with E-state index in [1.165, 1.54) is 0 Å². The maximum absolute atomic E-state index is 12.8. The summed E-state index contributed by atoms with van der Waals surface area (Å²) in [5, 5.41) is 0. The summed E-state index contributed by atoms with van der Waals surface area (Å²) in [6.45, 7) is 4.26. The van der Waals surface area contributed by atoms with E-state index < -0.39 is 5.41 Å². The first-order valence-corrected chi connectivity index (χ1v) is 7.03. The van der Waals surface area contributed by atoms with Crippen LogP contribution in [0.5, 0.6) is 0 Å². The number of carbonyl (C=O) groups is 1. The molecule has 1 fully saturated rings. The van der Waals surface area contributed by atoms with Crippen LogP contribution in [0.2, 0.25) is 0 Å². The molecule has 2 N–H and O–H groups in total. The normalized spacial score (nSPS) is 17.8. The maximum atomic E-state index is 12.8. The quantitative estimate of drug-likeness (QED) is 0.813. The van der Waals surface area contributed by atoms with Crippen LogP contribution in [-0.2, 0) is 11.3 Å². The van der Waals surface area contributed by atoms with Gasteiger partial charge in [-0.2, -0.15) is 0 Å². The number of rotatable bonds is 6. The van der Waals surface area contributed by atoms with Crippen molar-refractivity contribution in [1.29, 1.82) is 0 Å². The number of nitrogens with zero attached hydrogens (tertiary/aromatic N) is 1. The topological polar surface area (TPSA) is 59.5 Å². The van der Waals surface area contributed by atoms with Gasteiger partial charge in [0.2, 0.25) is 5.91 Å². The Kier molecular flexibility index (Phi) is 3.94. The van der Waals surface area contributed by atoms with Gasteiger partial charge in [-0.25, -0.2) is 0 Å². The van der Waals surface area contributed by atoms with E-state index in [-0.39, 0.29) is 10.9 Å². The van der Waals surface area contributed by atoms with Crippen LogP contribution in [-0.4, -0.2) is 21.8 Å². The third kappa shape index (κ3) is 2.81. The third-order valence-corrected chi connectivity index (χ3v) is 4.33. The van der Waals surface area contributed by atoms with Crippen molar-refractivity contribution in [2.75, 3.05) is 0 Å². The highest BCUT2D eigenvalue weighted by Crippen LogP contribution is 2.34. The van der Waals surface area contributed by atoms with Gasteiger partial charge >= 0.3 is 0 Å². The van der Waals surface area contributed by atoms with Crippen LogP contribution in [0.1, 0.15) is 38.9 Å². The number of nitrogens with two attached hydrogens (primary N) is 1. The second-order valence-electron chi connectivity index (χ2n) is 5.29. The molecule has 1 amide bonds. The monoisotopic (exact) mass is 280 g/mol. The SMILES string of the molecule is CCC(C)(C(=O)N(Cc1ccco1)C1CC1)C(N)=S. The molecule has 1 aliphatic rings. The van der Waals surface area contributed by atoms with Crippen LogP contribution in [0.25, 0.3) is 0 Å². The van der Waals surface area contributed by atoms with Crippen molar-refractivity contribution in [3.05, 3.63) is 24.2 Å². The number of carbonyl (C=O) groups excluding carboxylic acids is 1. The summed E-state index contributed by atoms with van der Waals surface area (Å²) >= 11 is 5.09. The third-order valence-electron chi connectivity index (χ3n) is 3.88. The molecule has 4 nitrogen and oxygen atoms in total. The highest BCUT2D eigenvalue weighted by atomic mass is 32.1. The van der Waals surface area contributed by atoms with Gasteiger partial charge in [0.1, 0.15) is 5.76 Å². The lowest BCUT2D eigenvalue weighted by Crippen LogP contribution is -2.49. The maximum Gasteiger partial charge on any atom is 0.235 e. The van der Waals surface area contributed by atoms with Gasteiger partial charge in [-0.15, -0.1) is 0 Å². The molecule has 19 heavy (non-hydrogen) atoms. The van der Waals surface area contributed by atoms with Gasteiger partial charge in [-0.05, 0) is 38.3 Å². The lowest BCUT2D eigenvalue weighted by molar-refractivity contribution is -0.139. The van der Waals surface area contributed by atoms with Gasteiger partial charge in [0, 0.05) is 6.04 Å². The Bertz CT molecular complexity index is 468. The number of hydrogen-bond donors (Lipinski definition) is 1. The van der Waals surface area contributed by atoms with E-state index >= 15 is 0 Å². The minimum Gasteiger partial charge on any atom is -0.467 e. The fraction of sp³-hybridized carbons (Fsp3) is 0.571. The van der Waals surface area contributed by atoms with Crippen molar-refractivity contribution >= 4 is 23.1 Å². The van der Waals surface area contributed by atoms with Crippen molar-refractivity contribution in [2.24, 2.45) is 11.1 Å². The zero-order chi connectivity index (χ0) is 14.0. The van der Waals surface area contributed by atoms with Gasteiger partial charge in [0.15, 0.2) is 0 Å². The number of thiocarbonyl (C=S) groups is 1. The molecule has 2 rings (SSSR count). The number of hydrogen-bond acceptors (Lipinski definition) is 3. The lowest BCUT2D eigenvalue weighted by Gasteiger charge is -2.33. The van der Waals surface area contributed by atoms with Gasteiger partial charge in [-0.1, -0.05) is 19.1 Å². The molecule has 0 spiro atoms. The molecule has 0 radical (unpaired) electrons. The van der Waals surface area contributed by atoms with Gasteiger partial charge in [0.25, 0.3) is 0 Å². The van der Waals surface area contributed by atoms with Crippen molar-refractivity contribution in [2.45, 2.75) is 45.7 Å². The fourth-order valence-electron chi connectivity index (χ4n) is 2.07. The first kappa shape index (κ1) is 14.1. The van der Waals surface area contributed by atoms with E-state index in [0.29, 0.717) is 19.0 Å². The van der Waals surface area contributed by atoms with Crippen molar-refractivity contribution < 1.29 is 9.21 Å². The molecule has 1 aromatic heterocycles. The Morgan fingerprint density at radius 1 is 1.63 bits per heavy atom. The molecule has 0 bridgehead atoms. The predicted molar refractivity (Wildman–Crippen MR) is 77.5 cm³/mol. The molecule has 1 aromatic rings. The second-order valence-corrected chi connectivity index (χ2v) is 5.73. The Balaban J connectivity index is 2.19. The molecule has 1 unspecified atom stereocenters. The first-order valence-electron chi connectivity index (χ1n) is 6.62. The Morgan fingerprint density at radius 3 is 2.74 bits per heavy atom. The summed E-state index contributed by atoms with van der Waals surface area (Å²) in [5.41, 5.74) is 5.02. The smallest absolute Gasteiger partial charge is 0.235 e. The van der Waals surface area contributed by atoms with Crippen LogP contribution >= 0.6 is 12.2 Å². The molecule has 0 aromatic carbocycles. The average molecular weight is 280 g/mol. The number of amides is 1. The first-order chi connectivity index (χ1) is 8.99. The molecular formula is C14H20N2O2S. The molecular weight excluding hydrogens is 260 g/mol. The standard InChI is InChI=1S/C14H20N2O2S/c1-3-14(2,12(15)19)13(17)16(10-6-7-10)9-11-5-4-8-18-11/h4-5,8,10H,3,6-7,9H2,1-2H3,(H2,15,19). The van der Waals surface area contributed by atoms with E-state index in [9.17, 15) is 4.79 Å². The molecule has 104 valence electrons. The van der Waals surface area contributed by atoms with Crippen LogP contribution in [0.4, 0.5) is 0 Å². The van der Waals surface area contributed by atoms with Gasteiger partial charge in [-0.3, -0.25) is 4.79 Å². The van der Waals surface area contributed by atoms with Crippen LogP contribution in [0.3, 0.4) is 0 Å². The Labute approximate surface area is 118 Å². The molecule has 1 saturated carbocycles. The lowest BCUT2D eigenvalue weighted by atomic mass is 9.85. The Morgan fingerprint density at radius 2 is 2.32 bits per heavy atom. The molecule has 1 atom stereocenters. The van der Waals surface area contributed by atoms with Crippen molar-refractivity contribution in [3.8, 4) is 0 Å². The minimum atomic E-state index is -0.759. The van der Waals surface area contributed by atoms with E-state index in [0.717, 1.165) is 18.6 Å². The highest BCUT2D eigenvalue weighted by Gasteiger charge is 2.43. The van der Waals surface area contributed by atoms with E-state index in [4.69, 9.17) is 22.4 Å². The predicted octanol–water partition coefficient (Wildman–Crippen LogP) is 2.47. The fourth-order valence-corrected chi connectivity index (χ4v) is 2.30. The van der Waals surface area contributed by atoms with Crippen molar-refractivity contribution in [1.82, 2.24) is 4.90 Å². The van der Waals surface area contributed by atoms with Crippen LogP contribution in [0, 0.1) is 5.41 Å². The zero-order valence-corrected chi connectivity index (χ0v) is 12.2. The summed E-state index contributed by atoms with van der Waals surface area (Å²) in [7, 11) is 0. The van der Waals surface area contributed by atoms with Crippen LogP contribution in [0.15, 0.2) is 22.8 Å². The van der Waals surface area contributed by atoms with E-state index in [1.807, 2.05) is 30.9 Å². The Hall–Kier alpha value is -1.36. The van der Waals surface area contributed by atoms with Crippen molar-refractivity contribution in [3.63, 3.8) is 0 Å². The second kappa shape index (κ2) is 5.33. The molecule has 5 heteroatoms.